The Morgan fingerprint density at radius 2 is 1.78 bits per heavy atom. The summed E-state index contributed by atoms with van der Waals surface area (Å²) in [6.45, 7) is 1.74. The van der Waals surface area contributed by atoms with Crippen molar-refractivity contribution >= 4 is 51.9 Å². The van der Waals surface area contributed by atoms with Gasteiger partial charge in [-0.1, -0.05) is 31.2 Å². The van der Waals surface area contributed by atoms with Crippen molar-refractivity contribution in [3.05, 3.63) is 74.6 Å². The number of hydrogen-bond donors (Lipinski definition) is 1. The molecular formula is C21H19NO3S2. The predicted octanol–water partition coefficient (Wildman–Crippen LogP) is 5.09. The van der Waals surface area contributed by atoms with Crippen molar-refractivity contribution in [1.82, 2.24) is 0 Å². The number of hydrogen-bond acceptors (Lipinski definition) is 5. The molecule has 1 aromatic carbocycles. The number of nitrogens with one attached hydrogen (secondary N) is 1. The molecule has 0 unspecified atom stereocenters. The number of anilines is 1. The van der Waals surface area contributed by atoms with Crippen molar-refractivity contribution in [3.63, 3.8) is 0 Å². The number of aryl methyl sites for hydroxylation is 1. The van der Waals surface area contributed by atoms with Gasteiger partial charge in [0.25, 0.3) is 5.91 Å². The van der Waals surface area contributed by atoms with Gasteiger partial charge in [-0.3, -0.25) is 4.79 Å². The van der Waals surface area contributed by atoms with Crippen LogP contribution in [0.2, 0.25) is 0 Å². The van der Waals surface area contributed by atoms with Crippen LogP contribution < -0.4 is 5.32 Å². The molecule has 0 saturated heterocycles. The number of carbonyl (C=O) groups excluding carboxylic acids is 2. The van der Waals surface area contributed by atoms with Gasteiger partial charge in [-0.05, 0) is 53.1 Å². The van der Waals surface area contributed by atoms with E-state index < -0.39 is 5.97 Å². The van der Waals surface area contributed by atoms with Crippen molar-refractivity contribution in [1.29, 1.82) is 0 Å². The molecule has 0 atom stereocenters. The van der Waals surface area contributed by atoms with E-state index in [9.17, 15) is 9.59 Å². The van der Waals surface area contributed by atoms with E-state index in [4.69, 9.17) is 4.74 Å². The first-order valence-electron chi connectivity index (χ1n) is 8.50. The van der Waals surface area contributed by atoms with Crippen molar-refractivity contribution < 1.29 is 14.3 Å². The van der Waals surface area contributed by atoms with Gasteiger partial charge in [0.05, 0.1) is 5.57 Å². The summed E-state index contributed by atoms with van der Waals surface area (Å²) in [5, 5.41) is 6.58. The second-order valence-electron chi connectivity index (χ2n) is 5.73. The second kappa shape index (κ2) is 9.30. The zero-order chi connectivity index (χ0) is 19.1. The molecule has 0 aliphatic rings. The lowest BCUT2D eigenvalue weighted by atomic mass is 10.1. The monoisotopic (exact) mass is 397 g/mol. The van der Waals surface area contributed by atoms with Gasteiger partial charge in [0.15, 0.2) is 6.61 Å². The number of carbonyl (C=O) groups is 2. The lowest BCUT2D eigenvalue weighted by molar-refractivity contribution is -0.141. The van der Waals surface area contributed by atoms with E-state index in [0.29, 0.717) is 11.3 Å². The lowest BCUT2D eigenvalue weighted by Crippen LogP contribution is -2.21. The van der Waals surface area contributed by atoms with Gasteiger partial charge in [-0.15, -0.1) is 22.7 Å². The van der Waals surface area contributed by atoms with E-state index >= 15 is 0 Å². The number of benzene rings is 1. The van der Waals surface area contributed by atoms with E-state index in [1.54, 1.807) is 6.08 Å². The maximum atomic E-state index is 12.5. The summed E-state index contributed by atoms with van der Waals surface area (Å²) in [6, 6.07) is 15.2. The molecule has 4 nitrogen and oxygen atoms in total. The van der Waals surface area contributed by atoms with Crippen molar-refractivity contribution in [2.75, 3.05) is 11.9 Å². The molecular weight excluding hydrogens is 378 g/mol. The van der Waals surface area contributed by atoms with Crippen LogP contribution in [0.1, 0.15) is 22.2 Å². The van der Waals surface area contributed by atoms with Crippen molar-refractivity contribution in [3.8, 4) is 0 Å². The average molecular weight is 398 g/mol. The average Bonchev–Trinajstić information content (AvgIpc) is 3.38. The summed E-state index contributed by atoms with van der Waals surface area (Å²) >= 11 is 2.99. The Labute approximate surface area is 166 Å². The molecule has 0 fully saturated rings. The summed E-state index contributed by atoms with van der Waals surface area (Å²) in [7, 11) is 0. The standard InChI is InChI=1S/C21H19NO3S2/c1-2-15-7-9-16(10-8-15)22-20(23)14-25-21(24)18(19-6-4-12-27-19)13-17-5-3-11-26-17/h3-13H,2,14H2,1H3,(H,22,23)/b18-13+. The largest absolute Gasteiger partial charge is 0.452 e. The highest BCUT2D eigenvalue weighted by Gasteiger charge is 2.17. The number of thiophene rings is 2. The fraction of sp³-hybridized carbons (Fsp3) is 0.143. The highest BCUT2D eigenvalue weighted by atomic mass is 32.1. The number of rotatable bonds is 7. The van der Waals surface area contributed by atoms with Crippen LogP contribution in [-0.2, 0) is 20.7 Å². The third kappa shape index (κ3) is 5.39. The SMILES string of the molecule is CCc1ccc(NC(=O)COC(=O)/C(=C/c2cccs2)c2cccs2)cc1. The molecule has 2 aromatic heterocycles. The smallest absolute Gasteiger partial charge is 0.340 e. The first-order chi connectivity index (χ1) is 13.2. The molecule has 0 saturated carbocycles. The van der Waals surface area contributed by atoms with Crippen LogP contribution in [0.4, 0.5) is 5.69 Å². The normalized spacial score (nSPS) is 11.2. The maximum absolute atomic E-state index is 12.5. The van der Waals surface area contributed by atoms with Crippen LogP contribution in [0.15, 0.2) is 59.3 Å². The van der Waals surface area contributed by atoms with Crippen LogP contribution in [0.25, 0.3) is 11.6 Å². The Balaban J connectivity index is 1.62. The molecule has 1 N–H and O–H groups in total. The fourth-order valence-corrected chi connectivity index (χ4v) is 3.80. The van der Waals surface area contributed by atoms with Gasteiger partial charge in [-0.25, -0.2) is 4.79 Å². The predicted molar refractivity (Wildman–Crippen MR) is 112 cm³/mol. The van der Waals surface area contributed by atoms with Gasteiger partial charge < -0.3 is 10.1 Å². The van der Waals surface area contributed by atoms with Gasteiger partial charge in [0.2, 0.25) is 0 Å². The van der Waals surface area contributed by atoms with E-state index in [2.05, 4.69) is 12.2 Å². The topological polar surface area (TPSA) is 55.4 Å². The Morgan fingerprint density at radius 3 is 2.41 bits per heavy atom. The third-order valence-corrected chi connectivity index (χ3v) is 5.54. The van der Waals surface area contributed by atoms with Crippen LogP contribution in [0.5, 0.6) is 0 Å². The second-order valence-corrected chi connectivity index (χ2v) is 7.65. The summed E-state index contributed by atoms with van der Waals surface area (Å²) in [5.74, 6) is -0.878. The zero-order valence-corrected chi connectivity index (χ0v) is 16.4. The molecule has 27 heavy (non-hydrogen) atoms. The highest BCUT2D eigenvalue weighted by molar-refractivity contribution is 7.12. The Hall–Kier alpha value is -2.70. The number of ether oxygens (including phenoxy) is 1. The minimum absolute atomic E-state index is 0.332. The molecule has 0 aliphatic heterocycles. The molecule has 1 amide bonds. The maximum Gasteiger partial charge on any atom is 0.340 e. The third-order valence-electron chi connectivity index (χ3n) is 3.82. The van der Waals surface area contributed by atoms with Gasteiger partial charge in [0.1, 0.15) is 0 Å². The van der Waals surface area contributed by atoms with E-state index in [1.807, 2.05) is 59.3 Å². The van der Waals surface area contributed by atoms with Gasteiger partial charge in [0, 0.05) is 15.4 Å². The summed E-state index contributed by atoms with van der Waals surface area (Å²) in [5.41, 5.74) is 2.33. The van der Waals surface area contributed by atoms with E-state index in [0.717, 1.165) is 16.2 Å². The molecule has 0 spiro atoms. The molecule has 0 bridgehead atoms. The quantitative estimate of drug-likeness (QED) is 0.446. The highest BCUT2D eigenvalue weighted by Crippen LogP contribution is 2.25. The molecule has 0 aliphatic carbocycles. The number of amides is 1. The molecule has 138 valence electrons. The van der Waals surface area contributed by atoms with Crippen molar-refractivity contribution in [2.24, 2.45) is 0 Å². The molecule has 2 heterocycles. The Bertz CT molecular complexity index is 911. The first kappa shape index (κ1) is 19.1. The van der Waals surface area contributed by atoms with E-state index in [1.165, 1.54) is 28.2 Å². The Kier molecular flexibility index (Phi) is 6.57. The summed E-state index contributed by atoms with van der Waals surface area (Å²) < 4.78 is 5.25. The zero-order valence-electron chi connectivity index (χ0n) is 14.8. The molecule has 3 rings (SSSR count). The Morgan fingerprint density at radius 1 is 1.04 bits per heavy atom. The molecule has 0 radical (unpaired) electrons. The first-order valence-corrected chi connectivity index (χ1v) is 10.3. The van der Waals surface area contributed by atoms with Crippen molar-refractivity contribution in [2.45, 2.75) is 13.3 Å². The van der Waals surface area contributed by atoms with Crippen LogP contribution in [-0.4, -0.2) is 18.5 Å². The minimum atomic E-state index is -0.512. The summed E-state index contributed by atoms with van der Waals surface area (Å²) in [4.78, 5) is 26.4. The number of esters is 1. The van der Waals surface area contributed by atoms with Gasteiger partial charge >= 0.3 is 5.97 Å². The van der Waals surface area contributed by atoms with Crippen LogP contribution >= 0.6 is 22.7 Å². The van der Waals surface area contributed by atoms with Crippen LogP contribution in [0, 0.1) is 0 Å². The van der Waals surface area contributed by atoms with Gasteiger partial charge in [-0.2, -0.15) is 0 Å². The minimum Gasteiger partial charge on any atom is -0.452 e. The molecule has 6 heteroatoms. The summed E-state index contributed by atoms with van der Waals surface area (Å²) in [6.07, 6.45) is 2.73. The van der Waals surface area contributed by atoms with Crippen LogP contribution in [0.3, 0.4) is 0 Å². The fourth-order valence-electron chi connectivity index (χ4n) is 2.41. The lowest BCUT2D eigenvalue weighted by Gasteiger charge is -2.08. The van der Waals surface area contributed by atoms with E-state index in [-0.39, 0.29) is 12.5 Å². The molecule has 3 aromatic rings.